The largest absolute Gasteiger partial charge is 0.322 e. The van der Waals surface area contributed by atoms with Crippen molar-refractivity contribution >= 4 is 17.7 Å². The first kappa shape index (κ1) is 12.1. The van der Waals surface area contributed by atoms with Gasteiger partial charge in [0.25, 0.3) is 5.91 Å². The van der Waals surface area contributed by atoms with E-state index in [1.54, 1.807) is 12.1 Å². The summed E-state index contributed by atoms with van der Waals surface area (Å²) in [6.45, 7) is 5.68. The lowest BCUT2D eigenvalue weighted by Crippen LogP contribution is -2.11. The Hall–Kier alpha value is -2.35. The van der Waals surface area contributed by atoms with E-state index in [-0.39, 0.29) is 5.91 Å². The third kappa shape index (κ3) is 2.86. The van der Waals surface area contributed by atoms with Crippen molar-refractivity contribution in [1.29, 1.82) is 0 Å². The second kappa shape index (κ2) is 5.32. The fourth-order valence-corrected chi connectivity index (χ4v) is 1.73. The van der Waals surface area contributed by atoms with Crippen LogP contribution in [0.3, 0.4) is 0 Å². The van der Waals surface area contributed by atoms with Crippen molar-refractivity contribution in [1.82, 2.24) is 0 Å². The molecule has 0 saturated heterocycles. The van der Waals surface area contributed by atoms with Crippen LogP contribution in [0, 0.1) is 6.92 Å². The molecule has 0 aliphatic rings. The van der Waals surface area contributed by atoms with E-state index in [0.717, 1.165) is 16.8 Å². The quantitative estimate of drug-likeness (QED) is 0.862. The Kier molecular flexibility index (Phi) is 3.58. The molecule has 2 aromatic rings. The minimum absolute atomic E-state index is 0.0973. The summed E-state index contributed by atoms with van der Waals surface area (Å²) in [6, 6.07) is 15.1. The Morgan fingerprint density at radius 2 is 1.94 bits per heavy atom. The van der Waals surface area contributed by atoms with Crippen LogP contribution < -0.4 is 5.32 Å². The van der Waals surface area contributed by atoms with E-state index in [2.05, 4.69) is 11.9 Å². The van der Waals surface area contributed by atoms with E-state index in [9.17, 15) is 4.79 Å². The summed E-state index contributed by atoms with van der Waals surface area (Å²) in [5, 5.41) is 2.87. The van der Waals surface area contributed by atoms with Gasteiger partial charge in [-0.1, -0.05) is 42.5 Å². The van der Waals surface area contributed by atoms with Crippen LogP contribution in [0.15, 0.2) is 55.1 Å². The lowest BCUT2D eigenvalue weighted by atomic mass is 10.1. The maximum atomic E-state index is 12.0. The van der Waals surface area contributed by atoms with Crippen molar-refractivity contribution in [3.8, 4) is 0 Å². The molecule has 0 saturated carbocycles. The van der Waals surface area contributed by atoms with Gasteiger partial charge in [0.2, 0.25) is 0 Å². The van der Waals surface area contributed by atoms with Gasteiger partial charge in [0.05, 0.1) is 0 Å². The average molecular weight is 237 g/mol. The minimum Gasteiger partial charge on any atom is -0.322 e. The van der Waals surface area contributed by atoms with Gasteiger partial charge in [-0.25, -0.2) is 0 Å². The molecule has 1 amide bonds. The van der Waals surface area contributed by atoms with Crippen LogP contribution in [0.2, 0.25) is 0 Å². The van der Waals surface area contributed by atoms with Crippen molar-refractivity contribution in [2.24, 2.45) is 0 Å². The summed E-state index contributed by atoms with van der Waals surface area (Å²) in [7, 11) is 0. The Bertz CT molecular complexity index is 587. The summed E-state index contributed by atoms with van der Waals surface area (Å²) in [6.07, 6.45) is 1.75. The lowest BCUT2D eigenvalue weighted by molar-refractivity contribution is 0.102. The van der Waals surface area contributed by atoms with Crippen LogP contribution in [-0.2, 0) is 0 Å². The number of benzene rings is 2. The fourth-order valence-electron chi connectivity index (χ4n) is 1.73. The highest BCUT2D eigenvalue weighted by atomic mass is 16.1. The van der Waals surface area contributed by atoms with Crippen LogP contribution in [0.4, 0.5) is 5.69 Å². The number of aryl methyl sites for hydroxylation is 1. The molecule has 0 aliphatic carbocycles. The first-order valence-electron chi connectivity index (χ1n) is 5.79. The van der Waals surface area contributed by atoms with E-state index < -0.39 is 0 Å². The average Bonchev–Trinajstić information content (AvgIpc) is 2.39. The highest BCUT2D eigenvalue weighted by Gasteiger charge is 2.05. The van der Waals surface area contributed by atoms with E-state index in [0.29, 0.717) is 5.56 Å². The van der Waals surface area contributed by atoms with Gasteiger partial charge in [-0.2, -0.15) is 0 Å². The SMILES string of the molecule is C=Cc1cccc(NC(=O)c2cccc(C)c2)c1. The van der Waals surface area contributed by atoms with Gasteiger partial charge in [-0.05, 0) is 36.8 Å². The molecule has 0 unspecified atom stereocenters. The first-order chi connectivity index (χ1) is 8.69. The van der Waals surface area contributed by atoms with Crippen LogP contribution in [0.25, 0.3) is 6.08 Å². The molecular formula is C16H15NO. The number of rotatable bonds is 3. The Labute approximate surface area is 107 Å². The predicted molar refractivity (Wildman–Crippen MR) is 75.7 cm³/mol. The highest BCUT2D eigenvalue weighted by Crippen LogP contribution is 2.13. The van der Waals surface area contributed by atoms with Crippen molar-refractivity contribution in [3.05, 3.63) is 71.8 Å². The van der Waals surface area contributed by atoms with Crippen molar-refractivity contribution < 1.29 is 4.79 Å². The zero-order chi connectivity index (χ0) is 13.0. The van der Waals surface area contributed by atoms with Gasteiger partial charge in [-0.3, -0.25) is 4.79 Å². The topological polar surface area (TPSA) is 29.1 Å². The van der Waals surface area contributed by atoms with E-state index in [4.69, 9.17) is 0 Å². The standard InChI is InChI=1S/C16H15NO/c1-3-13-7-5-9-15(11-13)17-16(18)14-8-4-6-12(2)10-14/h3-11H,1H2,2H3,(H,17,18). The van der Waals surface area contributed by atoms with Gasteiger partial charge >= 0.3 is 0 Å². The maximum Gasteiger partial charge on any atom is 0.255 e. The van der Waals surface area contributed by atoms with Crippen molar-refractivity contribution in [2.75, 3.05) is 5.32 Å². The molecule has 0 heterocycles. The molecule has 18 heavy (non-hydrogen) atoms. The number of hydrogen-bond acceptors (Lipinski definition) is 1. The van der Waals surface area contributed by atoms with Crippen LogP contribution in [0.1, 0.15) is 21.5 Å². The predicted octanol–water partition coefficient (Wildman–Crippen LogP) is 3.89. The molecule has 1 N–H and O–H groups in total. The van der Waals surface area contributed by atoms with Crippen LogP contribution >= 0.6 is 0 Å². The molecule has 0 radical (unpaired) electrons. The summed E-state index contributed by atoms with van der Waals surface area (Å²) >= 11 is 0. The summed E-state index contributed by atoms with van der Waals surface area (Å²) in [5.74, 6) is -0.0973. The fraction of sp³-hybridized carbons (Fsp3) is 0.0625. The van der Waals surface area contributed by atoms with Crippen molar-refractivity contribution in [2.45, 2.75) is 6.92 Å². The normalized spacial score (nSPS) is 9.83. The van der Waals surface area contributed by atoms with Gasteiger partial charge in [0.1, 0.15) is 0 Å². The van der Waals surface area contributed by atoms with Crippen molar-refractivity contribution in [3.63, 3.8) is 0 Å². The lowest BCUT2D eigenvalue weighted by Gasteiger charge is -2.06. The molecule has 0 aromatic heterocycles. The molecule has 2 heteroatoms. The van der Waals surface area contributed by atoms with Crippen LogP contribution in [-0.4, -0.2) is 5.91 Å². The molecule has 2 rings (SSSR count). The molecular weight excluding hydrogens is 222 g/mol. The number of carbonyl (C=O) groups excluding carboxylic acids is 1. The zero-order valence-electron chi connectivity index (χ0n) is 10.3. The molecule has 0 spiro atoms. The zero-order valence-corrected chi connectivity index (χ0v) is 10.3. The van der Waals surface area contributed by atoms with E-state index >= 15 is 0 Å². The molecule has 2 aromatic carbocycles. The maximum absolute atomic E-state index is 12.0. The van der Waals surface area contributed by atoms with Gasteiger partial charge < -0.3 is 5.32 Å². The molecule has 0 atom stereocenters. The smallest absolute Gasteiger partial charge is 0.255 e. The third-order valence-electron chi connectivity index (χ3n) is 2.66. The molecule has 2 nitrogen and oxygen atoms in total. The molecule has 0 bridgehead atoms. The second-order valence-electron chi connectivity index (χ2n) is 4.15. The molecule has 0 aliphatic heterocycles. The number of anilines is 1. The monoisotopic (exact) mass is 237 g/mol. The second-order valence-corrected chi connectivity index (χ2v) is 4.15. The summed E-state index contributed by atoms with van der Waals surface area (Å²) < 4.78 is 0. The third-order valence-corrected chi connectivity index (χ3v) is 2.66. The van der Waals surface area contributed by atoms with E-state index in [1.165, 1.54) is 0 Å². The van der Waals surface area contributed by atoms with Crippen LogP contribution in [0.5, 0.6) is 0 Å². The Balaban J connectivity index is 2.18. The number of hydrogen-bond donors (Lipinski definition) is 1. The highest BCUT2D eigenvalue weighted by molar-refractivity contribution is 6.04. The summed E-state index contributed by atoms with van der Waals surface area (Å²) in [5.41, 5.74) is 3.50. The Morgan fingerprint density at radius 3 is 2.67 bits per heavy atom. The van der Waals surface area contributed by atoms with E-state index in [1.807, 2.05) is 49.4 Å². The number of amides is 1. The molecule has 90 valence electrons. The number of carbonyl (C=O) groups is 1. The molecule has 0 fully saturated rings. The Morgan fingerprint density at radius 1 is 1.17 bits per heavy atom. The van der Waals surface area contributed by atoms with Gasteiger partial charge in [0.15, 0.2) is 0 Å². The van der Waals surface area contributed by atoms with Gasteiger partial charge in [0, 0.05) is 11.3 Å². The first-order valence-corrected chi connectivity index (χ1v) is 5.79. The summed E-state index contributed by atoms with van der Waals surface area (Å²) in [4.78, 5) is 12.0. The van der Waals surface area contributed by atoms with Gasteiger partial charge in [-0.15, -0.1) is 0 Å². The number of nitrogens with one attached hydrogen (secondary N) is 1. The minimum atomic E-state index is -0.0973.